The van der Waals surface area contributed by atoms with Crippen molar-refractivity contribution in [2.45, 2.75) is 70.5 Å². The fourth-order valence-corrected chi connectivity index (χ4v) is 4.13. The molecule has 13 heteroatoms. The average molecular weight is 542 g/mol. The Hall–Kier alpha value is -2.96. The highest BCUT2D eigenvalue weighted by atomic mass is 19.4. The van der Waals surface area contributed by atoms with E-state index < -0.39 is 66.0 Å². The number of hydrogen-bond donors (Lipinski definition) is 1. The van der Waals surface area contributed by atoms with Crippen LogP contribution in [0.25, 0.3) is 0 Å². The SMILES string of the molecule is CC(C)OC(=O)N1c2ccc(C(F)(F)F)cc2[C@@H](NCc2cc(C(F)(F)F)cc(C(F)(F)F)c2)C[C@H]1C. The Morgan fingerprint density at radius 3 is 1.95 bits per heavy atom. The lowest BCUT2D eigenvalue weighted by Gasteiger charge is -2.39. The number of nitrogens with zero attached hydrogens (tertiary/aromatic N) is 1. The molecule has 1 N–H and O–H groups in total. The van der Waals surface area contributed by atoms with Gasteiger partial charge in [-0.15, -0.1) is 0 Å². The minimum Gasteiger partial charge on any atom is -0.446 e. The highest BCUT2D eigenvalue weighted by Gasteiger charge is 2.39. The summed E-state index contributed by atoms with van der Waals surface area (Å²) in [7, 11) is 0. The van der Waals surface area contributed by atoms with Gasteiger partial charge in [0.1, 0.15) is 0 Å². The number of alkyl halides is 9. The van der Waals surface area contributed by atoms with Gasteiger partial charge in [-0.1, -0.05) is 0 Å². The van der Waals surface area contributed by atoms with Crippen LogP contribution in [0.3, 0.4) is 0 Å². The number of halogens is 9. The molecule has 0 aromatic heterocycles. The van der Waals surface area contributed by atoms with Crippen LogP contribution in [0.4, 0.5) is 50.0 Å². The summed E-state index contributed by atoms with van der Waals surface area (Å²) in [6.07, 6.45) is -16.1. The number of carbonyl (C=O) groups is 1. The zero-order chi connectivity index (χ0) is 27.9. The van der Waals surface area contributed by atoms with Gasteiger partial charge >= 0.3 is 24.6 Å². The fourth-order valence-electron chi connectivity index (χ4n) is 4.13. The molecule has 204 valence electrons. The molecule has 2 aromatic carbocycles. The zero-order valence-corrected chi connectivity index (χ0v) is 19.8. The number of ether oxygens (including phenoxy) is 1. The van der Waals surface area contributed by atoms with Gasteiger partial charge in [-0.3, -0.25) is 4.90 Å². The molecule has 0 saturated carbocycles. The lowest BCUT2D eigenvalue weighted by Crippen LogP contribution is -2.46. The van der Waals surface area contributed by atoms with E-state index in [9.17, 15) is 44.3 Å². The second kappa shape index (κ2) is 10.1. The Bertz CT molecular complexity index is 1110. The van der Waals surface area contributed by atoms with Crippen LogP contribution in [0.5, 0.6) is 0 Å². The first-order chi connectivity index (χ1) is 16.9. The van der Waals surface area contributed by atoms with Crippen LogP contribution in [0.2, 0.25) is 0 Å². The highest BCUT2D eigenvalue weighted by Crippen LogP contribution is 2.42. The second-order valence-corrected chi connectivity index (χ2v) is 9.01. The van der Waals surface area contributed by atoms with Crippen molar-refractivity contribution in [3.05, 3.63) is 64.2 Å². The molecule has 1 amide bonds. The van der Waals surface area contributed by atoms with Crippen LogP contribution in [-0.2, 0) is 29.8 Å². The largest absolute Gasteiger partial charge is 0.446 e. The summed E-state index contributed by atoms with van der Waals surface area (Å²) in [5.41, 5.74) is -4.28. The predicted molar refractivity (Wildman–Crippen MR) is 116 cm³/mol. The molecule has 3 rings (SSSR count). The molecule has 1 heterocycles. The topological polar surface area (TPSA) is 41.6 Å². The molecule has 0 aliphatic carbocycles. The molecule has 0 fully saturated rings. The van der Waals surface area contributed by atoms with Crippen molar-refractivity contribution in [1.82, 2.24) is 5.32 Å². The minimum atomic E-state index is -5.04. The van der Waals surface area contributed by atoms with Crippen LogP contribution in [0, 0.1) is 0 Å². The Balaban J connectivity index is 2.00. The number of carbonyl (C=O) groups excluding carboxylic acids is 1. The molecule has 37 heavy (non-hydrogen) atoms. The van der Waals surface area contributed by atoms with Gasteiger partial charge in [0.05, 0.1) is 28.5 Å². The lowest BCUT2D eigenvalue weighted by atomic mass is 9.90. The fraction of sp³-hybridized carbons (Fsp3) is 0.458. The number of nitrogens with one attached hydrogen (secondary N) is 1. The Kier molecular flexibility index (Phi) is 7.79. The summed E-state index contributed by atoms with van der Waals surface area (Å²) in [4.78, 5) is 13.8. The maximum atomic E-state index is 13.4. The normalized spacial score (nSPS) is 18.7. The minimum absolute atomic E-state index is 0.00466. The second-order valence-electron chi connectivity index (χ2n) is 9.01. The molecule has 0 saturated heterocycles. The third-order valence-electron chi connectivity index (χ3n) is 5.74. The summed E-state index contributed by atoms with van der Waals surface area (Å²) >= 11 is 0. The van der Waals surface area contributed by atoms with Gasteiger partial charge in [-0.25, -0.2) is 4.79 Å². The molecule has 1 aliphatic rings. The van der Waals surface area contributed by atoms with Gasteiger partial charge in [0.25, 0.3) is 0 Å². The van der Waals surface area contributed by atoms with Crippen LogP contribution < -0.4 is 10.2 Å². The number of rotatable bonds is 4. The maximum Gasteiger partial charge on any atom is 0.416 e. The molecule has 0 radical (unpaired) electrons. The maximum absolute atomic E-state index is 13.4. The van der Waals surface area contributed by atoms with Crippen molar-refractivity contribution >= 4 is 11.8 Å². The van der Waals surface area contributed by atoms with E-state index in [-0.39, 0.29) is 29.3 Å². The van der Waals surface area contributed by atoms with E-state index in [1.807, 2.05) is 0 Å². The average Bonchev–Trinajstić information content (AvgIpc) is 2.74. The summed E-state index contributed by atoms with van der Waals surface area (Å²) in [5.74, 6) is 0. The third kappa shape index (κ3) is 6.68. The van der Waals surface area contributed by atoms with Gasteiger partial charge in [-0.2, -0.15) is 39.5 Å². The van der Waals surface area contributed by atoms with Gasteiger partial charge in [0.15, 0.2) is 0 Å². The first-order valence-electron chi connectivity index (χ1n) is 11.1. The lowest BCUT2D eigenvalue weighted by molar-refractivity contribution is -0.143. The summed E-state index contributed by atoms with van der Waals surface area (Å²) in [6.45, 7) is 4.28. The molecule has 0 spiro atoms. The summed E-state index contributed by atoms with van der Waals surface area (Å²) in [5, 5.41) is 2.78. The van der Waals surface area contributed by atoms with E-state index in [1.165, 1.54) is 4.90 Å². The standard InChI is InChI=1S/C24H23F9N2O2/c1-12(2)37-21(36)35-13(3)6-19(18-10-15(22(25,26)27)4-5-20(18)35)34-11-14-7-16(23(28,29)30)9-17(8-14)24(31,32)33/h4-5,7-10,12-13,19,34H,6,11H2,1-3H3/t13-,19+/m1/s1. The number of benzene rings is 2. The summed E-state index contributed by atoms with van der Waals surface area (Å²) < 4.78 is 125. The van der Waals surface area contributed by atoms with Gasteiger partial charge in [0.2, 0.25) is 0 Å². The van der Waals surface area contributed by atoms with E-state index in [0.717, 1.165) is 18.2 Å². The summed E-state index contributed by atoms with van der Waals surface area (Å²) in [6, 6.07) is 2.25. The van der Waals surface area contributed by atoms with Crippen molar-refractivity contribution < 1.29 is 49.0 Å². The van der Waals surface area contributed by atoms with Gasteiger partial charge < -0.3 is 10.1 Å². The van der Waals surface area contributed by atoms with E-state index in [4.69, 9.17) is 4.74 Å². The van der Waals surface area contributed by atoms with Crippen molar-refractivity contribution in [1.29, 1.82) is 0 Å². The first-order valence-corrected chi connectivity index (χ1v) is 11.1. The monoisotopic (exact) mass is 542 g/mol. The smallest absolute Gasteiger partial charge is 0.416 e. The van der Waals surface area contributed by atoms with Crippen LogP contribution in [0.1, 0.15) is 61.1 Å². The van der Waals surface area contributed by atoms with Crippen LogP contribution in [-0.4, -0.2) is 18.2 Å². The number of hydrogen-bond acceptors (Lipinski definition) is 3. The molecule has 2 aromatic rings. The Morgan fingerprint density at radius 1 is 0.919 bits per heavy atom. The first kappa shape index (κ1) is 28.6. The molecule has 2 atom stereocenters. The van der Waals surface area contributed by atoms with E-state index in [1.54, 1.807) is 20.8 Å². The molecule has 0 bridgehead atoms. The van der Waals surface area contributed by atoms with Crippen LogP contribution in [0.15, 0.2) is 36.4 Å². The van der Waals surface area contributed by atoms with Gasteiger partial charge in [-0.05, 0) is 74.7 Å². The Morgan fingerprint density at radius 2 is 1.46 bits per heavy atom. The number of fused-ring (bicyclic) bond motifs is 1. The molecular formula is C24H23F9N2O2. The van der Waals surface area contributed by atoms with Crippen molar-refractivity contribution in [3.8, 4) is 0 Å². The molecule has 0 unspecified atom stereocenters. The highest BCUT2D eigenvalue weighted by molar-refractivity contribution is 5.90. The quantitative estimate of drug-likeness (QED) is 0.403. The van der Waals surface area contributed by atoms with Crippen molar-refractivity contribution in [2.24, 2.45) is 0 Å². The number of anilines is 1. The van der Waals surface area contributed by atoms with E-state index in [0.29, 0.717) is 12.1 Å². The van der Waals surface area contributed by atoms with Gasteiger partial charge in [0, 0.05) is 18.6 Å². The number of amides is 1. The predicted octanol–water partition coefficient (Wildman–Crippen LogP) is 7.72. The molecular weight excluding hydrogens is 519 g/mol. The molecule has 1 aliphatic heterocycles. The van der Waals surface area contributed by atoms with E-state index in [2.05, 4.69) is 5.32 Å². The Labute approximate surface area is 206 Å². The van der Waals surface area contributed by atoms with E-state index >= 15 is 0 Å². The van der Waals surface area contributed by atoms with Crippen LogP contribution >= 0.6 is 0 Å². The third-order valence-corrected chi connectivity index (χ3v) is 5.74. The molecule has 4 nitrogen and oxygen atoms in total. The van der Waals surface area contributed by atoms with Crippen molar-refractivity contribution in [2.75, 3.05) is 4.90 Å². The zero-order valence-electron chi connectivity index (χ0n) is 19.8. The van der Waals surface area contributed by atoms with Crippen molar-refractivity contribution in [3.63, 3.8) is 0 Å².